The maximum atomic E-state index is 12.2. The molecule has 0 saturated carbocycles. The lowest BCUT2D eigenvalue weighted by Crippen LogP contribution is -2.13. The minimum Gasteiger partial charge on any atom is -0.307 e. The van der Waals surface area contributed by atoms with Crippen molar-refractivity contribution in [2.24, 2.45) is 0 Å². The smallest absolute Gasteiger partial charge is 0.256 e. The number of benzene rings is 1. The highest BCUT2D eigenvalue weighted by molar-refractivity contribution is 6.05. The summed E-state index contributed by atoms with van der Waals surface area (Å²) in [5.74, 6) is 0.479. The summed E-state index contributed by atoms with van der Waals surface area (Å²) in [6, 6.07) is 5.41. The Hall–Kier alpha value is -2.63. The maximum absolute atomic E-state index is 12.2. The van der Waals surface area contributed by atoms with E-state index in [0.717, 1.165) is 22.9 Å². The fraction of sp³-hybridized carbons (Fsp3) is 0.154. The molecule has 0 fully saturated rings. The molecule has 6 heteroatoms. The molecule has 0 bridgehead atoms. The number of anilines is 1. The minimum atomic E-state index is -0.171. The standard InChI is InChI=1S/C13H13N5O/c1-2-8-6-15-18-12(8)16-13(19)9-3-4-10-7-14-17-11(10)5-9/h3-7H,2H2,1H3,(H,14,17)(H2,15,16,18,19). The van der Waals surface area contributed by atoms with Crippen molar-refractivity contribution >= 4 is 22.6 Å². The Bertz CT molecular complexity index is 727. The fourth-order valence-electron chi connectivity index (χ4n) is 1.95. The molecule has 19 heavy (non-hydrogen) atoms. The van der Waals surface area contributed by atoms with Crippen LogP contribution in [0.15, 0.2) is 30.6 Å². The van der Waals surface area contributed by atoms with E-state index < -0.39 is 0 Å². The number of hydrogen-bond donors (Lipinski definition) is 3. The molecule has 3 rings (SSSR count). The summed E-state index contributed by atoms with van der Waals surface area (Å²) >= 11 is 0. The Morgan fingerprint density at radius 3 is 2.95 bits per heavy atom. The lowest BCUT2D eigenvalue weighted by atomic mass is 10.1. The first-order valence-corrected chi connectivity index (χ1v) is 6.04. The van der Waals surface area contributed by atoms with Gasteiger partial charge in [-0.1, -0.05) is 13.0 Å². The van der Waals surface area contributed by atoms with Gasteiger partial charge in [0.15, 0.2) is 0 Å². The molecule has 0 aliphatic rings. The second kappa shape index (κ2) is 4.56. The molecule has 3 N–H and O–H groups in total. The van der Waals surface area contributed by atoms with Crippen molar-refractivity contribution in [1.82, 2.24) is 20.4 Å². The van der Waals surface area contributed by atoms with Gasteiger partial charge in [0.2, 0.25) is 0 Å². The molecule has 2 aromatic heterocycles. The predicted octanol–water partition coefficient (Wildman–Crippen LogP) is 2.10. The van der Waals surface area contributed by atoms with Crippen molar-refractivity contribution < 1.29 is 4.79 Å². The van der Waals surface area contributed by atoms with E-state index in [0.29, 0.717) is 11.4 Å². The van der Waals surface area contributed by atoms with Crippen molar-refractivity contribution in [2.45, 2.75) is 13.3 Å². The number of aromatic nitrogens is 4. The highest BCUT2D eigenvalue weighted by Gasteiger charge is 2.10. The lowest BCUT2D eigenvalue weighted by molar-refractivity contribution is 0.102. The normalized spacial score (nSPS) is 10.8. The number of carbonyl (C=O) groups excluding carboxylic acids is 1. The van der Waals surface area contributed by atoms with Crippen molar-refractivity contribution in [2.75, 3.05) is 5.32 Å². The minimum absolute atomic E-state index is 0.171. The molecule has 0 atom stereocenters. The average Bonchev–Trinajstić information content (AvgIpc) is 3.05. The summed E-state index contributed by atoms with van der Waals surface area (Å²) in [5.41, 5.74) is 2.40. The molecule has 0 spiro atoms. The SMILES string of the molecule is CCc1cn[nH]c1NC(=O)c1ccc2cn[nH]c2c1. The third-order valence-corrected chi connectivity index (χ3v) is 3.04. The summed E-state index contributed by atoms with van der Waals surface area (Å²) < 4.78 is 0. The monoisotopic (exact) mass is 255 g/mol. The highest BCUT2D eigenvalue weighted by Crippen LogP contribution is 2.16. The molecular formula is C13H13N5O. The molecular weight excluding hydrogens is 242 g/mol. The van der Waals surface area contributed by atoms with Crippen LogP contribution in [0.25, 0.3) is 10.9 Å². The molecule has 0 aliphatic carbocycles. The van der Waals surface area contributed by atoms with E-state index in [2.05, 4.69) is 25.7 Å². The molecule has 0 radical (unpaired) electrons. The van der Waals surface area contributed by atoms with Gasteiger partial charge in [0.05, 0.1) is 17.9 Å². The zero-order valence-corrected chi connectivity index (χ0v) is 10.4. The lowest BCUT2D eigenvalue weighted by Gasteiger charge is -2.04. The van der Waals surface area contributed by atoms with Crippen LogP contribution in [0.3, 0.4) is 0 Å². The number of carbonyl (C=O) groups is 1. The number of fused-ring (bicyclic) bond motifs is 1. The van der Waals surface area contributed by atoms with Crippen LogP contribution >= 0.6 is 0 Å². The zero-order chi connectivity index (χ0) is 13.2. The van der Waals surface area contributed by atoms with Crippen molar-refractivity contribution in [3.05, 3.63) is 41.7 Å². The summed E-state index contributed by atoms with van der Waals surface area (Å²) in [6.07, 6.45) is 4.25. The first kappa shape index (κ1) is 11.5. The van der Waals surface area contributed by atoms with Gasteiger partial charge in [-0.25, -0.2) is 0 Å². The number of aromatic amines is 2. The maximum Gasteiger partial charge on any atom is 0.256 e. The van der Waals surface area contributed by atoms with Crippen molar-refractivity contribution in [1.29, 1.82) is 0 Å². The Morgan fingerprint density at radius 2 is 2.11 bits per heavy atom. The number of amides is 1. The molecule has 1 aromatic carbocycles. The molecule has 6 nitrogen and oxygen atoms in total. The van der Waals surface area contributed by atoms with Crippen LogP contribution in [0.1, 0.15) is 22.8 Å². The second-order valence-electron chi connectivity index (χ2n) is 4.25. The van der Waals surface area contributed by atoms with E-state index >= 15 is 0 Å². The number of aryl methyl sites for hydroxylation is 1. The fourth-order valence-corrected chi connectivity index (χ4v) is 1.95. The third kappa shape index (κ3) is 2.08. The first-order chi connectivity index (χ1) is 9.28. The van der Waals surface area contributed by atoms with Gasteiger partial charge < -0.3 is 5.32 Å². The molecule has 0 saturated heterocycles. The van der Waals surface area contributed by atoms with E-state index in [1.807, 2.05) is 13.0 Å². The molecule has 3 aromatic rings. The van der Waals surface area contributed by atoms with Gasteiger partial charge in [-0.15, -0.1) is 0 Å². The quantitative estimate of drug-likeness (QED) is 0.669. The Morgan fingerprint density at radius 1 is 1.26 bits per heavy atom. The van der Waals surface area contributed by atoms with E-state index in [1.165, 1.54) is 0 Å². The average molecular weight is 255 g/mol. The zero-order valence-electron chi connectivity index (χ0n) is 10.4. The van der Waals surface area contributed by atoms with Gasteiger partial charge in [0.25, 0.3) is 5.91 Å². The second-order valence-corrected chi connectivity index (χ2v) is 4.25. The molecule has 0 aliphatic heterocycles. The van der Waals surface area contributed by atoms with Gasteiger partial charge in [-0.2, -0.15) is 10.2 Å². The Kier molecular flexibility index (Phi) is 2.75. The van der Waals surface area contributed by atoms with Crippen LogP contribution in [0, 0.1) is 0 Å². The van der Waals surface area contributed by atoms with Crippen LogP contribution in [0.5, 0.6) is 0 Å². The Balaban J connectivity index is 1.87. The van der Waals surface area contributed by atoms with E-state index in [1.54, 1.807) is 24.5 Å². The van der Waals surface area contributed by atoms with Crippen molar-refractivity contribution in [3.8, 4) is 0 Å². The topological polar surface area (TPSA) is 86.5 Å². The van der Waals surface area contributed by atoms with E-state index in [4.69, 9.17) is 0 Å². The molecule has 2 heterocycles. The van der Waals surface area contributed by atoms with Crippen LogP contribution in [-0.2, 0) is 6.42 Å². The van der Waals surface area contributed by atoms with Crippen LogP contribution in [0.2, 0.25) is 0 Å². The predicted molar refractivity (Wildman–Crippen MR) is 72.0 cm³/mol. The van der Waals surface area contributed by atoms with Gasteiger partial charge in [0, 0.05) is 16.5 Å². The number of rotatable bonds is 3. The van der Waals surface area contributed by atoms with Crippen LogP contribution < -0.4 is 5.32 Å². The van der Waals surface area contributed by atoms with Gasteiger partial charge in [0.1, 0.15) is 5.82 Å². The van der Waals surface area contributed by atoms with E-state index in [9.17, 15) is 4.79 Å². The molecule has 1 amide bonds. The summed E-state index contributed by atoms with van der Waals surface area (Å²) in [5, 5.41) is 17.3. The van der Waals surface area contributed by atoms with Gasteiger partial charge in [-0.3, -0.25) is 15.0 Å². The third-order valence-electron chi connectivity index (χ3n) is 3.04. The number of hydrogen-bond acceptors (Lipinski definition) is 3. The summed E-state index contributed by atoms with van der Waals surface area (Å²) in [6.45, 7) is 2.01. The molecule has 96 valence electrons. The van der Waals surface area contributed by atoms with Crippen LogP contribution in [-0.4, -0.2) is 26.3 Å². The van der Waals surface area contributed by atoms with Gasteiger partial charge >= 0.3 is 0 Å². The number of nitrogens with one attached hydrogen (secondary N) is 3. The first-order valence-electron chi connectivity index (χ1n) is 6.04. The van der Waals surface area contributed by atoms with Gasteiger partial charge in [-0.05, 0) is 18.6 Å². The number of H-pyrrole nitrogens is 2. The van der Waals surface area contributed by atoms with Crippen LogP contribution in [0.4, 0.5) is 5.82 Å². The summed E-state index contributed by atoms with van der Waals surface area (Å²) in [7, 11) is 0. The van der Waals surface area contributed by atoms with Crippen molar-refractivity contribution in [3.63, 3.8) is 0 Å². The molecule has 0 unspecified atom stereocenters. The summed E-state index contributed by atoms with van der Waals surface area (Å²) in [4.78, 5) is 12.2. The van der Waals surface area contributed by atoms with E-state index in [-0.39, 0.29) is 5.91 Å². The highest BCUT2D eigenvalue weighted by atomic mass is 16.1. The largest absolute Gasteiger partial charge is 0.307 e. The Labute approximate surface area is 109 Å². The number of nitrogens with zero attached hydrogens (tertiary/aromatic N) is 2.